The fourth-order valence-electron chi connectivity index (χ4n) is 7.44. The quantitative estimate of drug-likeness (QED) is 0.0241. The molecule has 0 bridgehead atoms. The standard InChI is InChI=1S/2C16H28O4.4C8H18.C4H4O4.2Sn/c2*1-2-3-4-5-6-7-8-9-10-11-14-20-16(19)13-12-15(17)18;4*1-3-5-7-8-6-4-2;5-3(6)1-2-4(7)8;;/h2*12-13H,2-11,14H2,1H3,(H,17,18);4*3-8H2,1-2H3;1-2H,(H,5,6)(H,7,8);;/q;;;;;;;2*+2/p-4/b2*13-12-;;;;;2-1-;;. The van der Waals surface area contributed by atoms with Crippen molar-refractivity contribution < 1.29 is 58.7 Å². The maximum Gasteiger partial charge on any atom is 2.00 e. The molecule has 0 N–H and O–H groups in total. The van der Waals surface area contributed by atoms with Gasteiger partial charge in [-0.2, -0.15) is 0 Å². The summed E-state index contributed by atoms with van der Waals surface area (Å²) in [5.74, 6) is -7.11. The Labute approximate surface area is 540 Å². The summed E-state index contributed by atoms with van der Waals surface area (Å²) in [6.45, 7) is 23.2. The molecule has 0 spiro atoms. The van der Waals surface area contributed by atoms with Gasteiger partial charge in [-0.15, -0.1) is 0 Å². The van der Waals surface area contributed by atoms with E-state index in [0.717, 1.165) is 37.8 Å². The number of aliphatic carboxylic acids is 4. The number of carboxylic acids is 4. The zero-order valence-electron chi connectivity index (χ0n) is 54.9. The van der Waals surface area contributed by atoms with Crippen molar-refractivity contribution in [2.75, 3.05) is 13.2 Å². The van der Waals surface area contributed by atoms with Crippen LogP contribution in [0.15, 0.2) is 36.5 Å². The van der Waals surface area contributed by atoms with Gasteiger partial charge in [0, 0.05) is 12.2 Å². The van der Waals surface area contributed by atoms with Crippen LogP contribution >= 0.6 is 0 Å². The molecular formula is C68H128O12Sn2. The first-order valence-corrected chi connectivity index (χ1v) is 32.8. The molecule has 82 heavy (non-hydrogen) atoms. The molecule has 480 valence electrons. The minimum atomic E-state index is -1.55. The third-order valence-corrected chi connectivity index (χ3v) is 12.4. The number of rotatable bonds is 48. The van der Waals surface area contributed by atoms with Crippen LogP contribution in [0.4, 0.5) is 0 Å². The monoisotopic (exact) mass is 1380 g/mol. The fourth-order valence-corrected chi connectivity index (χ4v) is 7.44. The maximum absolute atomic E-state index is 11.0. The van der Waals surface area contributed by atoms with Gasteiger partial charge in [-0.05, 0) is 37.1 Å². The van der Waals surface area contributed by atoms with E-state index in [2.05, 4.69) is 69.2 Å². The van der Waals surface area contributed by atoms with E-state index < -0.39 is 35.8 Å². The smallest absolute Gasteiger partial charge is 0.545 e. The average Bonchev–Trinajstić information content (AvgIpc) is 3.43. The summed E-state index contributed by atoms with van der Waals surface area (Å²) in [7, 11) is 0. The number of carbonyl (C=O) groups excluding carboxylic acids is 6. The van der Waals surface area contributed by atoms with E-state index in [0.29, 0.717) is 37.5 Å². The van der Waals surface area contributed by atoms with Crippen molar-refractivity contribution in [1.29, 1.82) is 0 Å². The third-order valence-electron chi connectivity index (χ3n) is 12.4. The summed E-state index contributed by atoms with van der Waals surface area (Å²) < 4.78 is 9.70. The van der Waals surface area contributed by atoms with Gasteiger partial charge in [-0.1, -0.05) is 339 Å². The van der Waals surface area contributed by atoms with E-state index in [4.69, 9.17) is 9.47 Å². The van der Waals surface area contributed by atoms with Crippen molar-refractivity contribution in [3.63, 3.8) is 0 Å². The van der Waals surface area contributed by atoms with Crippen molar-refractivity contribution in [1.82, 2.24) is 0 Å². The zero-order chi connectivity index (χ0) is 61.6. The number of hydrogen-bond donors (Lipinski definition) is 0. The summed E-state index contributed by atoms with van der Waals surface area (Å²) in [6.07, 6.45) is 62.3. The van der Waals surface area contributed by atoms with Gasteiger partial charge in [0.05, 0.1) is 37.1 Å². The van der Waals surface area contributed by atoms with Crippen LogP contribution < -0.4 is 20.4 Å². The zero-order valence-corrected chi connectivity index (χ0v) is 60.6. The van der Waals surface area contributed by atoms with Gasteiger partial charge >= 0.3 is 59.8 Å². The molecule has 0 aliphatic carbocycles. The summed E-state index contributed by atoms with van der Waals surface area (Å²) >= 11 is 0. The molecule has 0 aromatic rings. The van der Waals surface area contributed by atoms with Crippen LogP contribution in [0.2, 0.25) is 0 Å². The second kappa shape index (κ2) is 97.7. The van der Waals surface area contributed by atoms with Gasteiger partial charge in [0.25, 0.3) is 0 Å². The molecule has 4 radical (unpaired) electrons. The van der Waals surface area contributed by atoms with Crippen molar-refractivity contribution in [2.45, 2.75) is 352 Å². The summed E-state index contributed by atoms with van der Waals surface area (Å²) in [6, 6.07) is 0. The summed E-state index contributed by atoms with van der Waals surface area (Å²) in [4.78, 5) is 61.0. The van der Waals surface area contributed by atoms with Gasteiger partial charge in [0.2, 0.25) is 0 Å². The van der Waals surface area contributed by atoms with E-state index in [9.17, 15) is 49.2 Å². The molecule has 12 nitrogen and oxygen atoms in total. The Bertz CT molecular complexity index is 1190. The summed E-state index contributed by atoms with van der Waals surface area (Å²) in [5.41, 5.74) is 0. The molecule has 0 aliphatic rings. The van der Waals surface area contributed by atoms with Gasteiger partial charge in [0.1, 0.15) is 0 Å². The van der Waals surface area contributed by atoms with Crippen molar-refractivity contribution >= 4 is 83.6 Å². The molecule has 0 unspecified atom stereocenters. The number of carbonyl (C=O) groups is 6. The van der Waals surface area contributed by atoms with E-state index in [1.165, 1.54) is 257 Å². The maximum atomic E-state index is 11.0. The average molecular weight is 1380 g/mol. The second-order valence-electron chi connectivity index (χ2n) is 20.6. The van der Waals surface area contributed by atoms with E-state index in [1.54, 1.807) is 0 Å². The molecule has 0 aliphatic heterocycles. The first-order valence-electron chi connectivity index (χ1n) is 32.8. The van der Waals surface area contributed by atoms with E-state index in [-0.39, 0.29) is 47.8 Å². The van der Waals surface area contributed by atoms with Crippen LogP contribution in [0.1, 0.15) is 352 Å². The van der Waals surface area contributed by atoms with Crippen molar-refractivity contribution in [2.24, 2.45) is 0 Å². The minimum Gasteiger partial charge on any atom is -0.545 e. The first-order chi connectivity index (χ1) is 38.6. The van der Waals surface area contributed by atoms with Crippen LogP contribution in [-0.4, -0.2) is 96.8 Å². The molecule has 0 aromatic heterocycles. The van der Waals surface area contributed by atoms with Crippen LogP contribution in [0.25, 0.3) is 0 Å². The first kappa shape index (κ1) is 98.7. The van der Waals surface area contributed by atoms with Gasteiger partial charge in [-0.25, -0.2) is 9.59 Å². The van der Waals surface area contributed by atoms with Crippen LogP contribution in [0.3, 0.4) is 0 Å². The molecular weight excluding hydrogens is 1250 g/mol. The Hall–Kier alpha value is -2.36. The van der Waals surface area contributed by atoms with Gasteiger partial charge in [-0.3, -0.25) is 0 Å². The Morgan fingerprint density at radius 1 is 0.220 bits per heavy atom. The molecule has 0 rings (SSSR count). The Morgan fingerprint density at radius 2 is 0.341 bits per heavy atom. The normalized spacial score (nSPS) is 10.0. The molecule has 0 saturated carbocycles. The largest absolute Gasteiger partial charge is 2.00 e. The van der Waals surface area contributed by atoms with E-state index in [1.807, 2.05) is 0 Å². The topological polar surface area (TPSA) is 213 Å². The Morgan fingerprint density at radius 3 is 0.476 bits per heavy atom. The minimum absolute atomic E-state index is 0. The molecule has 14 heteroatoms. The van der Waals surface area contributed by atoms with E-state index >= 15 is 0 Å². The number of unbranched alkanes of at least 4 members (excludes halogenated alkanes) is 38. The number of esters is 2. The molecule has 0 atom stereocenters. The fraction of sp³-hybridized carbons (Fsp3) is 0.824. The Kier molecular flexibility index (Phi) is 118. The predicted molar refractivity (Wildman–Crippen MR) is 341 cm³/mol. The van der Waals surface area contributed by atoms with Crippen LogP contribution in [0.5, 0.6) is 0 Å². The number of hydrogen-bond acceptors (Lipinski definition) is 12. The number of ether oxygens (including phenoxy) is 2. The molecule has 0 amide bonds. The second-order valence-corrected chi connectivity index (χ2v) is 20.6. The van der Waals surface area contributed by atoms with Crippen molar-refractivity contribution in [3.8, 4) is 0 Å². The van der Waals surface area contributed by atoms with Gasteiger partial charge < -0.3 is 49.1 Å². The molecule has 0 fully saturated rings. The van der Waals surface area contributed by atoms with Crippen LogP contribution in [0, 0.1) is 0 Å². The molecule has 0 saturated heterocycles. The van der Waals surface area contributed by atoms with Gasteiger partial charge in [0.15, 0.2) is 0 Å². The third kappa shape index (κ3) is 133. The SMILES string of the molecule is CCCCCCCC.CCCCCCCC.CCCCCCCC.CCCCCCCC.CCCCCCCCCCCCOC(=O)/C=C\C(=O)[O-].CCCCCCCCCCCCOC(=O)/C=C\C(=O)[O-].O=C([O-])/C=C\C(=O)[O-].[Sn+2].[Sn+2]. The summed E-state index contributed by atoms with van der Waals surface area (Å²) in [5, 5.41) is 38.9. The van der Waals surface area contributed by atoms with Crippen molar-refractivity contribution in [3.05, 3.63) is 36.5 Å². The number of carboxylic acid groups (broad SMARTS) is 4. The molecule has 0 aromatic carbocycles. The predicted octanol–water partition coefficient (Wildman–Crippen LogP) is 15.3. The molecule has 0 heterocycles. The Balaban J connectivity index is -0.000000113. The van der Waals surface area contributed by atoms with Crippen LogP contribution in [-0.2, 0) is 38.2 Å².